The highest BCUT2D eigenvalue weighted by molar-refractivity contribution is 7.82. The minimum atomic E-state index is -0.676. The van der Waals surface area contributed by atoms with Crippen LogP contribution in [0.5, 0.6) is 0 Å². The first-order valence-electron chi connectivity index (χ1n) is 5.95. The molecular formula is C14H11N3O2S. The highest BCUT2D eigenvalue weighted by Crippen LogP contribution is 2.37. The van der Waals surface area contributed by atoms with Crippen molar-refractivity contribution in [3.05, 3.63) is 41.2 Å². The number of hydrogen-bond donors (Lipinski definition) is 2. The molecular weight excluding hydrogens is 274 g/mol. The summed E-state index contributed by atoms with van der Waals surface area (Å²) < 4.78 is 0.984. The summed E-state index contributed by atoms with van der Waals surface area (Å²) in [5.41, 5.74) is 0.598. The van der Waals surface area contributed by atoms with Gasteiger partial charge < -0.3 is 5.11 Å². The first kappa shape index (κ1) is 14.0. The Morgan fingerprint density at radius 3 is 2.35 bits per heavy atom. The molecule has 1 fully saturated rings. The second-order valence-corrected chi connectivity index (χ2v) is 4.82. The topological polar surface area (TPSA) is 88.1 Å². The molecule has 0 bridgehead atoms. The van der Waals surface area contributed by atoms with Gasteiger partial charge >= 0.3 is 0 Å². The number of aliphatic hydroxyl groups excluding tert-OH is 1. The summed E-state index contributed by atoms with van der Waals surface area (Å²) in [6, 6.07) is 9.89. The fourth-order valence-electron chi connectivity index (χ4n) is 1.68. The molecule has 1 aliphatic rings. The van der Waals surface area contributed by atoms with Crippen LogP contribution in [0.3, 0.4) is 0 Å². The van der Waals surface area contributed by atoms with Crippen LogP contribution < -0.4 is 4.31 Å². The van der Waals surface area contributed by atoms with E-state index in [1.165, 1.54) is 0 Å². The molecule has 0 saturated heterocycles. The average Bonchev–Trinajstić information content (AvgIpc) is 3.31. The Labute approximate surface area is 121 Å². The molecule has 0 atom stereocenters. The Hall–Kier alpha value is -2.44. The van der Waals surface area contributed by atoms with Crippen LogP contribution in [0.25, 0.3) is 0 Å². The number of nitriles is 2. The van der Waals surface area contributed by atoms with Gasteiger partial charge in [0.15, 0.2) is 5.57 Å². The number of hydrogen-bond acceptors (Lipinski definition) is 5. The molecule has 1 saturated carbocycles. The van der Waals surface area contributed by atoms with E-state index >= 15 is 0 Å². The van der Waals surface area contributed by atoms with Gasteiger partial charge in [0.25, 0.3) is 5.91 Å². The number of allylic oxidation sites excluding steroid dienone is 1. The number of anilines is 1. The lowest BCUT2D eigenvalue weighted by Crippen LogP contribution is -2.23. The van der Waals surface area contributed by atoms with E-state index in [-0.39, 0.29) is 17.3 Å². The molecule has 0 aromatic heterocycles. The van der Waals surface area contributed by atoms with Gasteiger partial charge in [0.2, 0.25) is 0 Å². The number of carbonyl (C=O) groups excluding carboxylic acids is 1. The summed E-state index contributed by atoms with van der Waals surface area (Å²) in [6.45, 7) is 0. The Balaban J connectivity index is 2.25. The van der Waals surface area contributed by atoms with Gasteiger partial charge in [0.05, 0.1) is 17.3 Å². The average molecular weight is 285 g/mol. The van der Waals surface area contributed by atoms with Crippen molar-refractivity contribution in [1.82, 2.24) is 0 Å². The number of benzene rings is 1. The molecule has 0 heterocycles. The van der Waals surface area contributed by atoms with Crippen LogP contribution in [0.15, 0.2) is 35.6 Å². The highest BCUT2D eigenvalue weighted by atomic mass is 32.1. The number of nitrogens with zero attached hydrogens (tertiary/aromatic N) is 3. The molecule has 5 nitrogen and oxygen atoms in total. The SMILES string of the molecule is N#CC(C(=O)N(S)c1ccc(C#N)cc1)=C(O)C1CC1. The maximum atomic E-state index is 12.1. The van der Waals surface area contributed by atoms with Crippen LogP contribution in [0, 0.1) is 28.6 Å². The molecule has 6 heteroatoms. The van der Waals surface area contributed by atoms with Gasteiger partial charge in [-0.3, -0.25) is 9.10 Å². The van der Waals surface area contributed by atoms with E-state index < -0.39 is 5.91 Å². The van der Waals surface area contributed by atoms with Gasteiger partial charge in [-0.05, 0) is 37.1 Å². The van der Waals surface area contributed by atoms with Crippen LogP contribution >= 0.6 is 12.8 Å². The molecule has 0 unspecified atom stereocenters. The second kappa shape index (κ2) is 5.68. The van der Waals surface area contributed by atoms with E-state index in [0.717, 1.165) is 17.1 Å². The third-order valence-electron chi connectivity index (χ3n) is 2.98. The van der Waals surface area contributed by atoms with E-state index in [9.17, 15) is 9.90 Å². The predicted molar refractivity (Wildman–Crippen MR) is 75.6 cm³/mol. The first-order valence-corrected chi connectivity index (χ1v) is 6.35. The molecule has 0 aliphatic heterocycles. The van der Waals surface area contributed by atoms with Gasteiger partial charge in [0, 0.05) is 5.92 Å². The van der Waals surface area contributed by atoms with Crippen molar-refractivity contribution in [2.45, 2.75) is 12.8 Å². The summed E-state index contributed by atoms with van der Waals surface area (Å²) in [4.78, 5) is 12.1. The van der Waals surface area contributed by atoms with Crippen LogP contribution in [-0.2, 0) is 4.79 Å². The summed E-state index contributed by atoms with van der Waals surface area (Å²) in [5, 5.41) is 27.6. The smallest absolute Gasteiger partial charge is 0.282 e. The molecule has 20 heavy (non-hydrogen) atoms. The lowest BCUT2D eigenvalue weighted by Gasteiger charge is -2.15. The third-order valence-corrected chi connectivity index (χ3v) is 3.39. The lowest BCUT2D eigenvalue weighted by molar-refractivity contribution is -0.113. The zero-order chi connectivity index (χ0) is 14.7. The summed E-state index contributed by atoms with van der Waals surface area (Å²) >= 11 is 4.06. The van der Waals surface area contributed by atoms with E-state index in [2.05, 4.69) is 12.8 Å². The summed E-state index contributed by atoms with van der Waals surface area (Å²) in [6.07, 6.45) is 1.57. The zero-order valence-corrected chi connectivity index (χ0v) is 11.3. The fraction of sp³-hybridized carbons (Fsp3) is 0.214. The quantitative estimate of drug-likeness (QED) is 0.386. The predicted octanol–water partition coefficient (Wildman–Crippen LogP) is 2.48. The second-order valence-electron chi connectivity index (χ2n) is 4.42. The lowest BCUT2D eigenvalue weighted by atomic mass is 10.1. The fourth-order valence-corrected chi connectivity index (χ4v) is 1.91. The normalized spacial score (nSPS) is 14.8. The molecule has 100 valence electrons. The van der Waals surface area contributed by atoms with E-state index in [4.69, 9.17) is 10.5 Å². The van der Waals surface area contributed by atoms with Crippen molar-refractivity contribution in [1.29, 1.82) is 10.5 Å². The zero-order valence-electron chi connectivity index (χ0n) is 10.4. The molecule has 0 spiro atoms. The molecule has 1 aliphatic carbocycles. The molecule has 1 amide bonds. The highest BCUT2D eigenvalue weighted by Gasteiger charge is 2.32. The van der Waals surface area contributed by atoms with Crippen LogP contribution in [0.4, 0.5) is 5.69 Å². The molecule has 1 aromatic carbocycles. The summed E-state index contributed by atoms with van der Waals surface area (Å²) in [7, 11) is 0. The number of amides is 1. The van der Waals surface area contributed by atoms with Crippen LogP contribution in [0.2, 0.25) is 0 Å². The Bertz CT molecular complexity index is 648. The minimum Gasteiger partial charge on any atom is -0.510 e. The van der Waals surface area contributed by atoms with Gasteiger partial charge in [-0.1, -0.05) is 12.8 Å². The maximum absolute atomic E-state index is 12.1. The first-order chi connectivity index (χ1) is 9.58. The Morgan fingerprint density at radius 2 is 1.90 bits per heavy atom. The van der Waals surface area contributed by atoms with Crippen molar-refractivity contribution >= 4 is 24.4 Å². The van der Waals surface area contributed by atoms with Gasteiger partial charge in [-0.2, -0.15) is 10.5 Å². The van der Waals surface area contributed by atoms with Crippen molar-refractivity contribution in [3.63, 3.8) is 0 Å². The molecule has 0 radical (unpaired) electrons. The Kier molecular flexibility index (Phi) is 3.97. The van der Waals surface area contributed by atoms with Gasteiger partial charge in [-0.25, -0.2) is 0 Å². The van der Waals surface area contributed by atoms with Gasteiger partial charge in [0.1, 0.15) is 11.8 Å². The molecule has 1 aromatic rings. The standard InChI is InChI=1S/C14H11N3O2S/c15-7-9-1-5-11(6-2-9)17(20)14(19)12(8-16)13(18)10-3-4-10/h1-2,5-6,10,18,20H,3-4H2. The van der Waals surface area contributed by atoms with E-state index in [1.807, 2.05) is 6.07 Å². The summed E-state index contributed by atoms with van der Waals surface area (Å²) in [5.74, 6) is -0.925. The number of rotatable bonds is 3. The Morgan fingerprint density at radius 1 is 1.30 bits per heavy atom. The van der Waals surface area contributed by atoms with Crippen molar-refractivity contribution < 1.29 is 9.90 Å². The monoisotopic (exact) mass is 285 g/mol. The minimum absolute atomic E-state index is 0.0868. The molecule has 2 rings (SSSR count). The number of aliphatic hydroxyl groups is 1. The van der Waals surface area contributed by atoms with Gasteiger partial charge in [-0.15, -0.1) is 0 Å². The number of carbonyl (C=O) groups is 1. The largest absolute Gasteiger partial charge is 0.510 e. The van der Waals surface area contributed by atoms with Crippen LogP contribution in [0.1, 0.15) is 18.4 Å². The van der Waals surface area contributed by atoms with Crippen molar-refractivity contribution in [2.24, 2.45) is 5.92 Å². The van der Waals surface area contributed by atoms with Crippen molar-refractivity contribution in [2.75, 3.05) is 4.31 Å². The van der Waals surface area contributed by atoms with E-state index in [1.54, 1.807) is 30.3 Å². The van der Waals surface area contributed by atoms with E-state index in [0.29, 0.717) is 11.3 Å². The maximum Gasteiger partial charge on any atom is 0.282 e. The molecule has 1 N–H and O–H groups in total. The van der Waals surface area contributed by atoms with Crippen molar-refractivity contribution in [3.8, 4) is 12.1 Å². The number of thiol groups is 1. The van der Waals surface area contributed by atoms with Crippen LogP contribution in [-0.4, -0.2) is 11.0 Å². The third kappa shape index (κ3) is 2.76.